The number of carbonyl (C=O) groups is 2. The molecule has 0 spiro atoms. The molecule has 0 fully saturated rings. The molecule has 1 aromatic rings. The Morgan fingerprint density at radius 2 is 2.10 bits per heavy atom. The summed E-state index contributed by atoms with van der Waals surface area (Å²) in [6, 6.07) is 9.55. The molecule has 0 saturated heterocycles. The fourth-order valence-electron chi connectivity index (χ4n) is 1.98. The molecular weight excluding hydrogens is 288 g/mol. The zero-order valence-electron chi connectivity index (χ0n) is 11.6. The molecule has 1 aromatic carbocycles. The van der Waals surface area contributed by atoms with Crippen LogP contribution in [0.4, 0.5) is 0 Å². The van der Waals surface area contributed by atoms with Crippen molar-refractivity contribution >= 4 is 29.3 Å². The van der Waals surface area contributed by atoms with Gasteiger partial charge in [0.15, 0.2) is 0 Å². The summed E-state index contributed by atoms with van der Waals surface area (Å²) in [6.07, 6.45) is 0.511. The monoisotopic (exact) mass is 306 g/mol. The molecule has 2 N–H and O–H groups in total. The highest BCUT2D eigenvalue weighted by Gasteiger charge is 2.25. The number of hydrogen-bond donors (Lipinski definition) is 2. The normalized spacial score (nSPS) is 14.8. The van der Waals surface area contributed by atoms with E-state index in [4.69, 9.17) is 5.11 Å². The molecule has 0 aromatic heterocycles. The first kappa shape index (κ1) is 15.6. The highest BCUT2D eigenvalue weighted by Crippen LogP contribution is 2.27. The van der Waals surface area contributed by atoms with E-state index in [0.717, 1.165) is 11.3 Å². The Kier molecular flexibility index (Phi) is 5.83. The van der Waals surface area contributed by atoms with Gasteiger partial charge in [0.2, 0.25) is 11.8 Å². The number of aliphatic hydroxyl groups is 1. The largest absolute Gasteiger partial charge is 0.396 e. The zero-order chi connectivity index (χ0) is 15.1. The van der Waals surface area contributed by atoms with Gasteiger partial charge in [0.05, 0.1) is 11.4 Å². The Morgan fingerprint density at radius 3 is 2.81 bits per heavy atom. The Labute approximate surface area is 128 Å². The molecule has 2 amide bonds. The SMILES string of the molecule is O=C(CN1C(=O)CSC=C1c1ccccc1)NCCCO. The van der Waals surface area contributed by atoms with Crippen molar-refractivity contribution in [2.24, 2.45) is 0 Å². The quantitative estimate of drug-likeness (QED) is 0.771. The molecule has 0 saturated carbocycles. The van der Waals surface area contributed by atoms with Crippen molar-refractivity contribution in [3.05, 3.63) is 41.3 Å². The van der Waals surface area contributed by atoms with E-state index in [-0.39, 0.29) is 25.0 Å². The minimum absolute atomic E-state index is 0.00551. The lowest BCUT2D eigenvalue weighted by Gasteiger charge is -2.28. The van der Waals surface area contributed by atoms with Gasteiger partial charge in [0.25, 0.3) is 0 Å². The molecule has 0 atom stereocenters. The Morgan fingerprint density at radius 1 is 1.33 bits per heavy atom. The van der Waals surface area contributed by atoms with Crippen molar-refractivity contribution in [3.8, 4) is 0 Å². The molecule has 0 aliphatic carbocycles. The van der Waals surface area contributed by atoms with Gasteiger partial charge in [-0.25, -0.2) is 0 Å². The maximum atomic E-state index is 12.1. The van der Waals surface area contributed by atoms with Crippen LogP contribution >= 0.6 is 11.8 Å². The second kappa shape index (κ2) is 7.85. The van der Waals surface area contributed by atoms with E-state index in [1.165, 1.54) is 16.7 Å². The van der Waals surface area contributed by atoms with E-state index in [0.29, 0.717) is 18.7 Å². The van der Waals surface area contributed by atoms with Crippen LogP contribution < -0.4 is 5.32 Å². The fraction of sp³-hybridized carbons (Fsp3) is 0.333. The Bertz CT molecular complexity index is 531. The standard InChI is InChI=1S/C15H18N2O3S/c18-8-4-7-16-14(19)9-17-13(10-21-11-15(17)20)12-5-2-1-3-6-12/h1-3,5-6,10,18H,4,7-9,11H2,(H,16,19). The number of hydrogen-bond acceptors (Lipinski definition) is 4. The third-order valence-corrected chi connectivity index (χ3v) is 3.83. The first-order valence-electron chi connectivity index (χ1n) is 6.77. The van der Waals surface area contributed by atoms with Crippen LogP contribution in [0.2, 0.25) is 0 Å². The van der Waals surface area contributed by atoms with E-state index in [1.54, 1.807) is 0 Å². The molecule has 0 unspecified atom stereocenters. The van der Waals surface area contributed by atoms with Crippen LogP contribution in [0, 0.1) is 0 Å². The molecule has 0 bridgehead atoms. The van der Waals surface area contributed by atoms with Gasteiger partial charge in [-0.15, -0.1) is 11.8 Å². The molecule has 2 rings (SSSR count). The van der Waals surface area contributed by atoms with E-state index in [1.807, 2.05) is 35.7 Å². The number of nitrogens with one attached hydrogen (secondary N) is 1. The molecule has 1 aliphatic rings. The molecule has 112 valence electrons. The maximum absolute atomic E-state index is 12.1. The van der Waals surface area contributed by atoms with Gasteiger partial charge in [0.1, 0.15) is 6.54 Å². The van der Waals surface area contributed by atoms with Crippen LogP contribution in [0.1, 0.15) is 12.0 Å². The predicted octanol–water partition coefficient (Wildman–Crippen LogP) is 1.06. The van der Waals surface area contributed by atoms with Crippen molar-refractivity contribution < 1.29 is 14.7 Å². The van der Waals surface area contributed by atoms with E-state index in [2.05, 4.69) is 5.32 Å². The summed E-state index contributed by atoms with van der Waals surface area (Å²) in [7, 11) is 0. The van der Waals surface area contributed by atoms with Crippen molar-refractivity contribution in [1.29, 1.82) is 0 Å². The van der Waals surface area contributed by atoms with Crippen LogP contribution in [-0.2, 0) is 9.59 Å². The number of nitrogens with zero attached hydrogens (tertiary/aromatic N) is 1. The molecule has 6 heteroatoms. The number of rotatable bonds is 6. The summed E-state index contributed by atoms with van der Waals surface area (Å²) in [5, 5.41) is 13.3. The molecule has 1 aliphatic heterocycles. The number of benzene rings is 1. The number of amides is 2. The van der Waals surface area contributed by atoms with Crippen molar-refractivity contribution in [2.75, 3.05) is 25.4 Å². The summed E-state index contributed by atoms with van der Waals surface area (Å²) in [5.74, 6) is 0.0597. The topological polar surface area (TPSA) is 69.6 Å². The average molecular weight is 306 g/mol. The lowest BCUT2D eigenvalue weighted by molar-refractivity contribution is -0.131. The van der Waals surface area contributed by atoms with Crippen molar-refractivity contribution in [3.63, 3.8) is 0 Å². The van der Waals surface area contributed by atoms with Gasteiger partial charge in [-0.3, -0.25) is 9.59 Å². The third kappa shape index (κ3) is 4.34. The number of thioether (sulfide) groups is 1. The van der Waals surface area contributed by atoms with Crippen LogP contribution in [0.25, 0.3) is 5.70 Å². The predicted molar refractivity (Wildman–Crippen MR) is 83.3 cm³/mol. The highest BCUT2D eigenvalue weighted by molar-refractivity contribution is 8.03. The lowest BCUT2D eigenvalue weighted by atomic mass is 10.1. The molecular formula is C15H18N2O3S. The lowest BCUT2D eigenvalue weighted by Crippen LogP contribution is -2.41. The molecule has 5 nitrogen and oxygen atoms in total. The molecule has 1 heterocycles. The Hall–Kier alpha value is -1.79. The van der Waals surface area contributed by atoms with E-state index in [9.17, 15) is 9.59 Å². The zero-order valence-corrected chi connectivity index (χ0v) is 12.4. The number of aliphatic hydroxyl groups excluding tert-OH is 1. The van der Waals surface area contributed by atoms with Crippen molar-refractivity contribution in [1.82, 2.24) is 10.2 Å². The summed E-state index contributed by atoms with van der Waals surface area (Å²) < 4.78 is 0. The third-order valence-electron chi connectivity index (χ3n) is 3.02. The second-order valence-electron chi connectivity index (χ2n) is 4.59. The van der Waals surface area contributed by atoms with Gasteiger partial charge in [0, 0.05) is 13.2 Å². The van der Waals surface area contributed by atoms with Crippen LogP contribution in [0.3, 0.4) is 0 Å². The van der Waals surface area contributed by atoms with Crippen LogP contribution in [0.15, 0.2) is 35.7 Å². The van der Waals surface area contributed by atoms with Gasteiger partial charge >= 0.3 is 0 Å². The van der Waals surface area contributed by atoms with E-state index >= 15 is 0 Å². The van der Waals surface area contributed by atoms with Gasteiger partial charge in [-0.1, -0.05) is 30.3 Å². The van der Waals surface area contributed by atoms with Gasteiger partial charge in [-0.2, -0.15) is 0 Å². The van der Waals surface area contributed by atoms with Crippen molar-refractivity contribution in [2.45, 2.75) is 6.42 Å². The molecule has 21 heavy (non-hydrogen) atoms. The van der Waals surface area contributed by atoms with Crippen LogP contribution in [-0.4, -0.2) is 47.3 Å². The summed E-state index contributed by atoms with van der Waals surface area (Å²) in [4.78, 5) is 25.5. The first-order valence-corrected chi connectivity index (χ1v) is 7.82. The summed E-state index contributed by atoms with van der Waals surface area (Å²) >= 11 is 1.44. The fourth-order valence-corrected chi connectivity index (χ4v) is 2.78. The minimum atomic E-state index is -0.217. The summed E-state index contributed by atoms with van der Waals surface area (Å²) in [5.41, 5.74) is 1.68. The maximum Gasteiger partial charge on any atom is 0.240 e. The van der Waals surface area contributed by atoms with Gasteiger partial charge in [-0.05, 0) is 17.4 Å². The average Bonchev–Trinajstić information content (AvgIpc) is 2.50. The van der Waals surface area contributed by atoms with Crippen LogP contribution in [0.5, 0.6) is 0 Å². The summed E-state index contributed by atoms with van der Waals surface area (Å²) in [6.45, 7) is 0.455. The second-order valence-corrected chi connectivity index (χ2v) is 5.44. The minimum Gasteiger partial charge on any atom is -0.396 e. The highest BCUT2D eigenvalue weighted by atomic mass is 32.2. The van der Waals surface area contributed by atoms with Gasteiger partial charge < -0.3 is 15.3 Å². The number of carbonyl (C=O) groups excluding carboxylic acids is 2. The van der Waals surface area contributed by atoms with E-state index < -0.39 is 0 Å². The first-order chi connectivity index (χ1) is 10.2. The molecule has 0 radical (unpaired) electrons. The smallest absolute Gasteiger partial charge is 0.240 e. The Balaban J connectivity index is 2.07.